The van der Waals surface area contributed by atoms with E-state index in [1.165, 1.54) is 6.07 Å². The Morgan fingerprint density at radius 1 is 1.00 bits per heavy atom. The summed E-state index contributed by atoms with van der Waals surface area (Å²) in [5.74, 6) is -1.20. The zero-order valence-electron chi connectivity index (χ0n) is 10.7. The van der Waals surface area contributed by atoms with Crippen LogP contribution < -0.4 is 4.74 Å². The highest BCUT2D eigenvalue weighted by molar-refractivity contribution is 5.35. The lowest BCUT2D eigenvalue weighted by molar-refractivity contribution is 0.218. The second kappa shape index (κ2) is 5.21. The molecular weight excluding hydrogens is 262 g/mol. The molecule has 2 nitrogen and oxygen atoms in total. The normalized spacial score (nSPS) is 15.9. The van der Waals surface area contributed by atoms with E-state index in [-0.39, 0.29) is 6.10 Å². The van der Waals surface area contributed by atoms with Gasteiger partial charge >= 0.3 is 0 Å². The molecule has 3 rings (SSSR count). The highest BCUT2D eigenvalue weighted by Crippen LogP contribution is 2.30. The van der Waals surface area contributed by atoms with Crippen molar-refractivity contribution < 1.29 is 18.6 Å². The minimum Gasteiger partial charge on any atom is -0.490 e. The number of hydrogen-bond acceptors (Lipinski definition) is 2. The molecule has 1 N–H and O–H groups in total. The van der Waals surface area contributed by atoms with Gasteiger partial charge in [0, 0.05) is 0 Å². The molecule has 0 amide bonds. The molecule has 0 heterocycles. The maximum Gasteiger partial charge on any atom is 0.159 e. The van der Waals surface area contributed by atoms with Gasteiger partial charge in [-0.05, 0) is 48.2 Å². The largest absolute Gasteiger partial charge is 0.490 e. The average Bonchev–Trinajstić information content (AvgIpc) is 3.25. The molecule has 1 aliphatic carbocycles. The van der Waals surface area contributed by atoms with Gasteiger partial charge in [-0.25, -0.2) is 8.78 Å². The minimum atomic E-state index is -1.01. The van der Waals surface area contributed by atoms with Crippen molar-refractivity contribution in [2.75, 3.05) is 0 Å². The van der Waals surface area contributed by atoms with E-state index in [9.17, 15) is 13.9 Å². The summed E-state index contributed by atoms with van der Waals surface area (Å²) >= 11 is 0. The fourth-order valence-corrected chi connectivity index (χ4v) is 2.01. The van der Waals surface area contributed by atoms with E-state index >= 15 is 0 Å². The quantitative estimate of drug-likeness (QED) is 0.924. The molecule has 1 fully saturated rings. The zero-order chi connectivity index (χ0) is 14.1. The lowest BCUT2D eigenvalue weighted by Gasteiger charge is -2.13. The van der Waals surface area contributed by atoms with Crippen LogP contribution in [0.1, 0.15) is 30.1 Å². The standard InChI is InChI=1S/C16H14F2O2/c17-14-7-4-11(9-15(14)18)16(19)10-2-1-3-13(8-10)20-12-5-6-12/h1-4,7-9,12,16,19H,5-6H2. The SMILES string of the molecule is OC(c1cccc(OC2CC2)c1)c1ccc(F)c(F)c1. The molecule has 0 bridgehead atoms. The molecule has 104 valence electrons. The first-order valence-electron chi connectivity index (χ1n) is 6.53. The predicted molar refractivity (Wildman–Crippen MR) is 70.5 cm³/mol. The van der Waals surface area contributed by atoms with Gasteiger partial charge in [-0.15, -0.1) is 0 Å². The predicted octanol–water partition coefficient (Wildman–Crippen LogP) is 3.59. The Morgan fingerprint density at radius 3 is 2.45 bits per heavy atom. The summed E-state index contributed by atoms with van der Waals surface area (Å²) in [5, 5.41) is 10.2. The fraction of sp³-hybridized carbons (Fsp3) is 0.250. The van der Waals surface area contributed by atoms with Crippen molar-refractivity contribution in [3.8, 4) is 5.75 Å². The van der Waals surface area contributed by atoms with Crippen LogP contribution in [0.2, 0.25) is 0 Å². The second-order valence-corrected chi connectivity index (χ2v) is 4.97. The Bertz CT molecular complexity index is 624. The first kappa shape index (κ1) is 13.1. The number of ether oxygens (including phenoxy) is 1. The molecule has 0 radical (unpaired) electrons. The van der Waals surface area contributed by atoms with Gasteiger partial charge in [-0.1, -0.05) is 18.2 Å². The summed E-state index contributed by atoms with van der Waals surface area (Å²) in [6.07, 6.45) is 1.37. The third kappa shape index (κ3) is 2.80. The highest BCUT2D eigenvalue weighted by atomic mass is 19.2. The smallest absolute Gasteiger partial charge is 0.159 e. The van der Waals surface area contributed by atoms with Gasteiger partial charge < -0.3 is 9.84 Å². The Morgan fingerprint density at radius 2 is 1.75 bits per heavy atom. The zero-order valence-corrected chi connectivity index (χ0v) is 10.7. The van der Waals surface area contributed by atoms with Gasteiger partial charge in [0.2, 0.25) is 0 Å². The molecule has 0 spiro atoms. The third-order valence-corrected chi connectivity index (χ3v) is 3.26. The van der Waals surface area contributed by atoms with Crippen LogP contribution in [0.15, 0.2) is 42.5 Å². The Hall–Kier alpha value is -1.94. The lowest BCUT2D eigenvalue weighted by atomic mass is 10.0. The highest BCUT2D eigenvalue weighted by Gasteiger charge is 2.23. The molecule has 0 saturated heterocycles. The molecular formula is C16H14F2O2. The molecule has 1 saturated carbocycles. The van der Waals surface area contributed by atoms with Crippen molar-refractivity contribution in [1.82, 2.24) is 0 Å². The van der Waals surface area contributed by atoms with Crippen LogP contribution in [0, 0.1) is 11.6 Å². The molecule has 2 aromatic rings. The van der Waals surface area contributed by atoms with E-state index in [4.69, 9.17) is 4.74 Å². The summed E-state index contributed by atoms with van der Waals surface area (Å²) in [7, 11) is 0. The molecule has 1 atom stereocenters. The maximum atomic E-state index is 13.2. The number of benzene rings is 2. The van der Waals surface area contributed by atoms with Gasteiger partial charge in [0.15, 0.2) is 11.6 Å². The molecule has 2 aromatic carbocycles. The van der Waals surface area contributed by atoms with Crippen molar-refractivity contribution in [3.63, 3.8) is 0 Å². The van der Waals surface area contributed by atoms with E-state index in [1.54, 1.807) is 18.2 Å². The maximum absolute atomic E-state index is 13.2. The van der Waals surface area contributed by atoms with E-state index in [0.29, 0.717) is 16.9 Å². The molecule has 0 aromatic heterocycles. The third-order valence-electron chi connectivity index (χ3n) is 3.26. The Labute approximate surface area is 115 Å². The van der Waals surface area contributed by atoms with E-state index in [0.717, 1.165) is 25.0 Å². The molecule has 1 unspecified atom stereocenters. The fourth-order valence-electron chi connectivity index (χ4n) is 2.01. The van der Waals surface area contributed by atoms with Gasteiger partial charge in [0.05, 0.1) is 6.10 Å². The topological polar surface area (TPSA) is 29.5 Å². The van der Waals surface area contributed by atoms with E-state index in [1.807, 2.05) is 6.07 Å². The van der Waals surface area contributed by atoms with Gasteiger partial charge in [0.1, 0.15) is 11.9 Å². The average molecular weight is 276 g/mol. The summed E-state index contributed by atoms with van der Waals surface area (Å²) in [6.45, 7) is 0. The summed E-state index contributed by atoms with van der Waals surface area (Å²) < 4.78 is 31.8. The van der Waals surface area contributed by atoms with Crippen molar-refractivity contribution in [1.29, 1.82) is 0 Å². The number of halogens is 2. The Kier molecular flexibility index (Phi) is 3.40. The van der Waals surface area contributed by atoms with Crippen molar-refractivity contribution >= 4 is 0 Å². The molecule has 0 aliphatic heterocycles. The van der Waals surface area contributed by atoms with Crippen molar-refractivity contribution in [2.24, 2.45) is 0 Å². The van der Waals surface area contributed by atoms with Crippen LogP contribution >= 0.6 is 0 Å². The first-order chi connectivity index (χ1) is 9.63. The van der Waals surface area contributed by atoms with E-state index in [2.05, 4.69) is 0 Å². The number of aliphatic hydroxyl groups is 1. The van der Waals surface area contributed by atoms with Crippen molar-refractivity contribution in [3.05, 3.63) is 65.2 Å². The van der Waals surface area contributed by atoms with Gasteiger partial charge in [0.25, 0.3) is 0 Å². The van der Waals surface area contributed by atoms with Crippen LogP contribution in [0.3, 0.4) is 0 Å². The van der Waals surface area contributed by atoms with Gasteiger partial charge in [-0.2, -0.15) is 0 Å². The summed E-state index contributed by atoms with van der Waals surface area (Å²) in [4.78, 5) is 0. The first-order valence-corrected chi connectivity index (χ1v) is 6.53. The number of rotatable bonds is 4. The van der Waals surface area contributed by atoms with Crippen LogP contribution in [0.5, 0.6) is 5.75 Å². The van der Waals surface area contributed by atoms with Crippen LogP contribution in [-0.4, -0.2) is 11.2 Å². The van der Waals surface area contributed by atoms with Crippen LogP contribution in [0.25, 0.3) is 0 Å². The monoisotopic (exact) mass is 276 g/mol. The number of aliphatic hydroxyl groups excluding tert-OH is 1. The molecule has 20 heavy (non-hydrogen) atoms. The van der Waals surface area contributed by atoms with Crippen LogP contribution in [0.4, 0.5) is 8.78 Å². The van der Waals surface area contributed by atoms with Crippen molar-refractivity contribution in [2.45, 2.75) is 25.0 Å². The van der Waals surface area contributed by atoms with Gasteiger partial charge in [-0.3, -0.25) is 0 Å². The summed E-state index contributed by atoms with van der Waals surface area (Å²) in [6, 6.07) is 10.4. The lowest BCUT2D eigenvalue weighted by Crippen LogP contribution is -2.02. The minimum absolute atomic E-state index is 0.269. The van der Waals surface area contributed by atoms with E-state index < -0.39 is 17.7 Å². The Balaban J connectivity index is 1.84. The number of hydrogen-bond donors (Lipinski definition) is 1. The second-order valence-electron chi connectivity index (χ2n) is 4.97. The summed E-state index contributed by atoms with van der Waals surface area (Å²) in [5.41, 5.74) is 0.904. The van der Waals surface area contributed by atoms with Crippen LogP contribution in [-0.2, 0) is 0 Å². The molecule has 4 heteroatoms. The molecule has 1 aliphatic rings.